The van der Waals surface area contributed by atoms with Gasteiger partial charge in [0.15, 0.2) is 0 Å². The summed E-state index contributed by atoms with van der Waals surface area (Å²) in [5, 5.41) is 9.53. The number of alkyl halides is 1. The molecule has 0 spiro atoms. The Hall–Kier alpha value is -1.42. The highest BCUT2D eigenvalue weighted by atomic mass is 35.5. The van der Waals surface area contributed by atoms with E-state index in [1.165, 1.54) is 28.8 Å². The van der Waals surface area contributed by atoms with Crippen LogP contribution in [0.15, 0.2) is 12.1 Å². The van der Waals surface area contributed by atoms with Gasteiger partial charge in [0, 0.05) is 32.7 Å². The van der Waals surface area contributed by atoms with Gasteiger partial charge in [-0.2, -0.15) is 0 Å². The summed E-state index contributed by atoms with van der Waals surface area (Å²) in [6, 6.07) is 4.44. The van der Waals surface area contributed by atoms with Crippen LogP contribution >= 0.6 is 11.6 Å². The van der Waals surface area contributed by atoms with Crippen molar-refractivity contribution in [2.75, 3.05) is 31.9 Å². The zero-order valence-electron chi connectivity index (χ0n) is 15.8. The van der Waals surface area contributed by atoms with Gasteiger partial charge in [-0.15, -0.1) is 11.6 Å². The third kappa shape index (κ3) is 4.56. The number of anilines is 1. The van der Waals surface area contributed by atoms with Crippen LogP contribution in [0.1, 0.15) is 61.8 Å². The fourth-order valence-electron chi connectivity index (χ4n) is 3.49. The quantitative estimate of drug-likeness (QED) is 0.754. The van der Waals surface area contributed by atoms with Crippen LogP contribution in [0.5, 0.6) is 0 Å². The van der Waals surface area contributed by atoms with Crippen LogP contribution in [0.2, 0.25) is 0 Å². The van der Waals surface area contributed by atoms with Gasteiger partial charge in [0.1, 0.15) is 0 Å². The molecule has 0 saturated carbocycles. The topological polar surface area (TPSA) is 43.8 Å². The highest BCUT2D eigenvalue weighted by Gasteiger charge is 2.30. The largest absolute Gasteiger partial charge is 0.465 e. The Morgan fingerprint density at radius 1 is 1.29 bits per heavy atom. The van der Waals surface area contributed by atoms with Gasteiger partial charge in [0.25, 0.3) is 0 Å². The van der Waals surface area contributed by atoms with Gasteiger partial charge in [-0.1, -0.05) is 19.9 Å². The Kier molecular flexibility index (Phi) is 7.88. The molecule has 1 aromatic carbocycles. The minimum atomic E-state index is -0.797. The summed E-state index contributed by atoms with van der Waals surface area (Å²) < 4.78 is 0. The minimum absolute atomic E-state index is 0.00133. The minimum Gasteiger partial charge on any atom is -0.465 e. The average Bonchev–Trinajstić information content (AvgIpc) is 2.55. The van der Waals surface area contributed by atoms with Gasteiger partial charge >= 0.3 is 6.09 Å². The fourth-order valence-corrected chi connectivity index (χ4v) is 3.49. The molecule has 1 saturated heterocycles. The molecule has 1 unspecified atom stereocenters. The summed E-state index contributed by atoms with van der Waals surface area (Å²) in [4.78, 5) is 15.3. The summed E-state index contributed by atoms with van der Waals surface area (Å²) in [5.41, 5.74) is 4.89. The number of halogens is 1. The van der Waals surface area contributed by atoms with Gasteiger partial charge in [0.05, 0.1) is 6.04 Å². The Bertz CT molecular complexity index is 559. The van der Waals surface area contributed by atoms with Crippen molar-refractivity contribution >= 4 is 23.4 Å². The number of carbonyl (C=O) groups is 1. The van der Waals surface area contributed by atoms with E-state index in [4.69, 9.17) is 0 Å². The first-order chi connectivity index (χ1) is 11.3. The lowest BCUT2D eigenvalue weighted by Crippen LogP contribution is -2.38. The first-order valence-corrected chi connectivity index (χ1v) is 9.27. The van der Waals surface area contributed by atoms with E-state index in [0.29, 0.717) is 12.5 Å². The summed E-state index contributed by atoms with van der Waals surface area (Å²) in [7, 11) is 4.10. The molecule has 1 amide bonds. The van der Waals surface area contributed by atoms with Crippen molar-refractivity contribution in [1.29, 1.82) is 0 Å². The lowest BCUT2D eigenvalue weighted by molar-refractivity contribution is 0.106. The predicted molar refractivity (Wildman–Crippen MR) is 103 cm³/mol. The number of benzene rings is 1. The Labute approximate surface area is 151 Å². The van der Waals surface area contributed by atoms with E-state index in [9.17, 15) is 9.90 Å². The molecule has 1 aliphatic heterocycles. The number of rotatable bonds is 3. The molecule has 1 aromatic rings. The van der Waals surface area contributed by atoms with E-state index in [2.05, 4.69) is 63.5 Å². The maximum atomic E-state index is 11.6. The van der Waals surface area contributed by atoms with E-state index >= 15 is 0 Å². The van der Waals surface area contributed by atoms with Crippen molar-refractivity contribution in [3.05, 3.63) is 28.8 Å². The van der Waals surface area contributed by atoms with Crippen LogP contribution in [-0.4, -0.2) is 43.1 Å². The number of hydrogen-bond acceptors (Lipinski definition) is 2. The molecule has 0 aromatic heterocycles. The normalized spacial score (nSPS) is 17.3. The third-order valence-corrected chi connectivity index (χ3v) is 4.61. The Balaban J connectivity index is 0.00000139. The number of likely N-dealkylation sites (tertiary alicyclic amines) is 1. The van der Waals surface area contributed by atoms with Crippen LogP contribution in [0.4, 0.5) is 10.5 Å². The van der Waals surface area contributed by atoms with Gasteiger partial charge in [-0.25, -0.2) is 4.79 Å². The number of piperidine rings is 1. The van der Waals surface area contributed by atoms with Gasteiger partial charge in [-0.3, -0.25) is 0 Å². The molecule has 0 aliphatic carbocycles. The second-order valence-electron chi connectivity index (χ2n) is 6.80. The van der Waals surface area contributed by atoms with Gasteiger partial charge < -0.3 is 14.9 Å². The predicted octanol–water partition coefficient (Wildman–Crippen LogP) is 5.24. The molecule has 1 atom stereocenters. The number of carboxylic acid groups (broad SMARTS) is 1. The molecule has 0 bridgehead atoms. The Morgan fingerprint density at radius 2 is 1.92 bits per heavy atom. The fraction of sp³-hybridized carbons (Fsp3) is 0.632. The monoisotopic (exact) mass is 354 g/mol. The summed E-state index contributed by atoms with van der Waals surface area (Å²) >= 11 is 4.64. The van der Waals surface area contributed by atoms with Gasteiger partial charge in [0.2, 0.25) is 0 Å². The van der Waals surface area contributed by atoms with Crippen molar-refractivity contribution in [2.45, 2.75) is 52.0 Å². The third-order valence-electron chi connectivity index (χ3n) is 4.61. The highest BCUT2D eigenvalue weighted by Crippen LogP contribution is 2.38. The first kappa shape index (κ1) is 20.6. The van der Waals surface area contributed by atoms with E-state index in [1.54, 1.807) is 4.90 Å². The molecule has 1 fully saturated rings. The highest BCUT2D eigenvalue weighted by molar-refractivity contribution is 6.15. The second kappa shape index (κ2) is 9.16. The lowest BCUT2D eigenvalue weighted by atomic mass is 9.86. The van der Waals surface area contributed by atoms with E-state index in [1.807, 2.05) is 0 Å². The molecule has 4 nitrogen and oxygen atoms in total. The standard InChI is InChI=1S/C18H28N2O2.CH3Cl/c1-12(2)14-11-17(19(4)5)13(3)10-15(14)16-8-6-7-9-20(16)18(21)22;1-2/h10-12,16H,6-9H2,1-5H3,(H,21,22);1H3. The van der Waals surface area contributed by atoms with Crippen molar-refractivity contribution in [3.8, 4) is 0 Å². The zero-order valence-corrected chi connectivity index (χ0v) is 16.5. The molecule has 24 heavy (non-hydrogen) atoms. The second-order valence-corrected chi connectivity index (χ2v) is 6.80. The number of hydrogen-bond donors (Lipinski definition) is 1. The Morgan fingerprint density at radius 3 is 2.42 bits per heavy atom. The lowest BCUT2D eigenvalue weighted by Gasteiger charge is -2.36. The van der Waals surface area contributed by atoms with Gasteiger partial charge in [-0.05, 0) is 54.9 Å². The van der Waals surface area contributed by atoms with E-state index < -0.39 is 6.09 Å². The summed E-state index contributed by atoms with van der Waals surface area (Å²) in [5.74, 6) is 0.381. The molecule has 136 valence electrons. The molecule has 5 heteroatoms. The number of nitrogens with zero attached hydrogens (tertiary/aromatic N) is 2. The average molecular weight is 355 g/mol. The molecule has 1 heterocycles. The van der Waals surface area contributed by atoms with Crippen LogP contribution in [0.25, 0.3) is 0 Å². The van der Waals surface area contributed by atoms with Crippen molar-refractivity contribution in [3.63, 3.8) is 0 Å². The van der Waals surface area contributed by atoms with Crippen LogP contribution in [0, 0.1) is 6.92 Å². The van der Waals surface area contributed by atoms with Crippen molar-refractivity contribution in [1.82, 2.24) is 4.90 Å². The maximum absolute atomic E-state index is 11.6. The number of aryl methyl sites for hydroxylation is 1. The molecule has 1 N–H and O–H groups in total. The zero-order chi connectivity index (χ0) is 18.4. The molecule has 1 aliphatic rings. The summed E-state index contributed by atoms with van der Waals surface area (Å²) in [6.07, 6.45) is 3.66. The van der Waals surface area contributed by atoms with Crippen LogP contribution in [-0.2, 0) is 0 Å². The maximum Gasteiger partial charge on any atom is 0.407 e. The smallest absolute Gasteiger partial charge is 0.407 e. The molecule has 0 radical (unpaired) electrons. The summed E-state index contributed by atoms with van der Waals surface area (Å²) in [6.45, 7) is 7.12. The van der Waals surface area contributed by atoms with Crippen molar-refractivity contribution in [2.24, 2.45) is 0 Å². The van der Waals surface area contributed by atoms with E-state index in [-0.39, 0.29) is 6.04 Å². The SMILES string of the molecule is CCl.Cc1cc(C2CCCCN2C(=O)O)c(C(C)C)cc1N(C)C. The first-order valence-electron chi connectivity index (χ1n) is 8.52. The molecular formula is C19H31ClN2O2. The van der Waals surface area contributed by atoms with E-state index in [0.717, 1.165) is 19.3 Å². The number of amides is 1. The molecule has 2 rings (SSSR count). The van der Waals surface area contributed by atoms with Crippen LogP contribution in [0.3, 0.4) is 0 Å². The van der Waals surface area contributed by atoms with Crippen molar-refractivity contribution < 1.29 is 9.90 Å². The van der Waals surface area contributed by atoms with Crippen LogP contribution < -0.4 is 4.90 Å². The molecular weight excluding hydrogens is 324 g/mol.